The van der Waals surface area contributed by atoms with E-state index in [0.717, 1.165) is 0 Å². The van der Waals surface area contributed by atoms with Crippen molar-refractivity contribution in [2.75, 3.05) is 11.5 Å². The van der Waals surface area contributed by atoms with Crippen molar-refractivity contribution in [3.8, 4) is 0 Å². The smallest absolute Gasteiger partial charge is 0.00360 e. The number of hydrogen-bond donors (Lipinski definition) is 0. The fraction of sp³-hybridized carbons (Fsp3) is 1.00. The van der Waals surface area contributed by atoms with Crippen LogP contribution < -0.4 is 0 Å². The van der Waals surface area contributed by atoms with E-state index in [1.54, 1.807) is 6.42 Å². The Hall–Kier alpha value is 0.350. The van der Waals surface area contributed by atoms with Gasteiger partial charge in [-0.25, -0.2) is 0 Å². The molecule has 0 aromatic carbocycles. The van der Waals surface area contributed by atoms with Crippen LogP contribution in [0.15, 0.2) is 0 Å². The molecule has 0 radical (unpaired) electrons. The van der Waals surface area contributed by atoms with Gasteiger partial charge in [0.15, 0.2) is 0 Å². The van der Waals surface area contributed by atoms with Crippen LogP contribution in [-0.2, 0) is 0 Å². The Morgan fingerprint density at radius 3 is 1.75 bits per heavy atom. The molecule has 1 heterocycles. The van der Waals surface area contributed by atoms with E-state index in [2.05, 4.69) is 11.8 Å². The molecule has 2 aliphatic rings. The molecule has 1 aliphatic heterocycles. The first-order valence-corrected chi connectivity index (χ1v) is 4.70. The zero-order chi connectivity index (χ0) is 5.98. The Morgan fingerprint density at radius 1 is 1.12 bits per heavy atom. The Morgan fingerprint density at radius 2 is 1.62 bits per heavy atom. The Balaban J connectivity index is 0.000000147. The van der Waals surface area contributed by atoms with Gasteiger partial charge in [0, 0.05) is 0 Å². The Labute approximate surface area is 56.0 Å². The third-order valence-corrected chi connectivity index (χ3v) is 3.06. The van der Waals surface area contributed by atoms with Gasteiger partial charge < -0.3 is 0 Å². The number of rotatable bonds is 0. The summed E-state index contributed by atoms with van der Waals surface area (Å²) in [5.41, 5.74) is 0. The molecular formula is C7H14S. The second-order valence-corrected chi connectivity index (χ2v) is 3.37. The van der Waals surface area contributed by atoms with E-state index in [1.807, 2.05) is 13.8 Å². The van der Waals surface area contributed by atoms with E-state index in [9.17, 15) is 0 Å². The van der Waals surface area contributed by atoms with Gasteiger partial charge in [-0.2, -0.15) is 11.8 Å². The van der Waals surface area contributed by atoms with E-state index in [-0.39, 0.29) is 0 Å². The molecule has 0 nitrogen and oxygen atoms in total. The van der Waals surface area contributed by atoms with Crippen molar-refractivity contribution < 1.29 is 0 Å². The van der Waals surface area contributed by atoms with Crippen LogP contribution in [0.4, 0.5) is 0 Å². The van der Waals surface area contributed by atoms with Gasteiger partial charge in [-0.1, -0.05) is 13.8 Å². The summed E-state index contributed by atoms with van der Waals surface area (Å²) in [6, 6.07) is 0. The highest BCUT2D eigenvalue weighted by atomic mass is 32.2. The van der Waals surface area contributed by atoms with Crippen molar-refractivity contribution >= 4 is 11.8 Å². The second-order valence-electron chi connectivity index (χ2n) is 2.29. The first-order valence-electron chi connectivity index (χ1n) is 3.54. The summed E-state index contributed by atoms with van der Waals surface area (Å²) >= 11 is 2.13. The lowest BCUT2D eigenvalue weighted by atomic mass is 10.4. The largest absolute Gasteiger partial charge is 0.161 e. The van der Waals surface area contributed by atoms with Crippen LogP contribution in [0.25, 0.3) is 0 Å². The molecule has 1 saturated carbocycles. The SMILES string of the molecule is C1SCC2CC12.CC. The van der Waals surface area contributed by atoms with Crippen molar-refractivity contribution in [3.63, 3.8) is 0 Å². The maximum Gasteiger partial charge on any atom is -0.00360 e. The summed E-state index contributed by atoms with van der Waals surface area (Å²) in [5, 5.41) is 0. The summed E-state index contributed by atoms with van der Waals surface area (Å²) in [4.78, 5) is 0. The number of thioether (sulfide) groups is 1. The molecular weight excluding hydrogens is 116 g/mol. The first kappa shape index (κ1) is 6.47. The van der Waals surface area contributed by atoms with Crippen molar-refractivity contribution in [1.82, 2.24) is 0 Å². The van der Waals surface area contributed by atoms with Gasteiger partial charge in [0.2, 0.25) is 0 Å². The van der Waals surface area contributed by atoms with Crippen molar-refractivity contribution in [2.24, 2.45) is 11.8 Å². The predicted molar refractivity (Wildman–Crippen MR) is 40.3 cm³/mol. The van der Waals surface area contributed by atoms with Crippen molar-refractivity contribution in [2.45, 2.75) is 20.3 Å². The van der Waals surface area contributed by atoms with Gasteiger partial charge in [-0.05, 0) is 29.8 Å². The maximum absolute atomic E-state index is 2.13. The maximum atomic E-state index is 2.13. The lowest BCUT2D eigenvalue weighted by Gasteiger charge is -1.82. The molecule has 2 atom stereocenters. The first-order chi connectivity index (χ1) is 3.97. The molecule has 2 fully saturated rings. The van der Waals surface area contributed by atoms with Crippen LogP contribution in [0.1, 0.15) is 20.3 Å². The normalized spacial score (nSPS) is 39.8. The number of hydrogen-bond acceptors (Lipinski definition) is 1. The second kappa shape index (κ2) is 2.77. The Bertz CT molecular complexity index is 62.8. The standard InChI is InChI=1S/C5H8S.C2H6/c1-4-2-6-3-5(1)4;1-2/h4-5H,1-3H2;1-2H3. The molecule has 8 heavy (non-hydrogen) atoms. The van der Waals surface area contributed by atoms with E-state index in [1.165, 1.54) is 23.3 Å². The zero-order valence-electron chi connectivity index (χ0n) is 5.68. The van der Waals surface area contributed by atoms with Crippen LogP contribution in [0.3, 0.4) is 0 Å². The van der Waals surface area contributed by atoms with Gasteiger partial charge >= 0.3 is 0 Å². The van der Waals surface area contributed by atoms with E-state index in [0.29, 0.717) is 0 Å². The van der Waals surface area contributed by atoms with Gasteiger partial charge in [-0.3, -0.25) is 0 Å². The average molecular weight is 130 g/mol. The van der Waals surface area contributed by atoms with E-state index in [4.69, 9.17) is 0 Å². The lowest BCUT2D eigenvalue weighted by Crippen LogP contribution is -1.69. The topological polar surface area (TPSA) is 0 Å². The molecule has 0 spiro atoms. The zero-order valence-corrected chi connectivity index (χ0v) is 6.50. The third kappa shape index (κ3) is 1.19. The highest BCUT2D eigenvalue weighted by Gasteiger charge is 2.41. The fourth-order valence-corrected chi connectivity index (χ4v) is 2.65. The van der Waals surface area contributed by atoms with Gasteiger partial charge in [0.1, 0.15) is 0 Å². The predicted octanol–water partition coefficient (Wildman–Crippen LogP) is 2.40. The quantitative estimate of drug-likeness (QED) is 0.485. The third-order valence-electron chi connectivity index (χ3n) is 1.73. The molecule has 0 bridgehead atoms. The van der Waals surface area contributed by atoms with Crippen LogP contribution in [0.2, 0.25) is 0 Å². The highest BCUT2D eigenvalue weighted by Crippen LogP contribution is 2.48. The van der Waals surface area contributed by atoms with Crippen LogP contribution in [0.5, 0.6) is 0 Å². The lowest BCUT2D eigenvalue weighted by molar-refractivity contribution is 0.895. The summed E-state index contributed by atoms with van der Waals surface area (Å²) in [7, 11) is 0. The fourth-order valence-electron chi connectivity index (χ4n) is 1.09. The summed E-state index contributed by atoms with van der Waals surface area (Å²) in [6.07, 6.45) is 1.56. The highest BCUT2D eigenvalue weighted by molar-refractivity contribution is 7.99. The minimum absolute atomic E-state index is 1.18. The molecule has 1 aliphatic carbocycles. The van der Waals surface area contributed by atoms with Crippen molar-refractivity contribution in [1.29, 1.82) is 0 Å². The monoisotopic (exact) mass is 130 g/mol. The molecule has 1 saturated heterocycles. The molecule has 48 valence electrons. The summed E-state index contributed by atoms with van der Waals surface area (Å²) in [6.45, 7) is 4.00. The molecule has 0 amide bonds. The number of fused-ring (bicyclic) bond motifs is 1. The average Bonchev–Trinajstić information content (AvgIpc) is 2.46. The molecule has 0 N–H and O–H groups in total. The Kier molecular flexibility index (Phi) is 2.24. The summed E-state index contributed by atoms with van der Waals surface area (Å²) in [5.74, 6) is 5.31. The molecule has 0 aromatic rings. The molecule has 2 unspecified atom stereocenters. The minimum atomic E-state index is 1.18. The van der Waals surface area contributed by atoms with Gasteiger partial charge in [0.25, 0.3) is 0 Å². The van der Waals surface area contributed by atoms with E-state index >= 15 is 0 Å². The summed E-state index contributed by atoms with van der Waals surface area (Å²) < 4.78 is 0. The van der Waals surface area contributed by atoms with Crippen LogP contribution >= 0.6 is 11.8 Å². The molecule has 1 heteroatoms. The molecule has 0 aromatic heterocycles. The van der Waals surface area contributed by atoms with Crippen LogP contribution in [0, 0.1) is 11.8 Å². The minimum Gasteiger partial charge on any atom is -0.161 e. The molecule has 2 rings (SSSR count). The van der Waals surface area contributed by atoms with Crippen molar-refractivity contribution in [3.05, 3.63) is 0 Å². The van der Waals surface area contributed by atoms with Gasteiger partial charge in [-0.15, -0.1) is 0 Å². The van der Waals surface area contributed by atoms with Gasteiger partial charge in [0.05, 0.1) is 0 Å². The van der Waals surface area contributed by atoms with E-state index < -0.39 is 0 Å². The van der Waals surface area contributed by atoms with Crippen LogP contribution in [-0.4, -0.2) is 11.5 Å².